The van der Waals surface area contributed by atoms with Crippen molar-refractivity contribution in [3.05, 3.63) is 59.8 Å². The van der Waals surface area contributed by atoms with Gasteiger partial charge >= 0.3 is 0 Å². The largest absolute Gasteiger partial charge is 0.330 e. The molecule has 1 aliphatic rings. The van der Waals surface area contributed by atoms with Gasteiger partial charge in [-0.1, -0.05) is 36.4 Å². The summed E-state index contributed by atoms with van der Waals surface area (Å²) < 4.78 is 0. The van der Waals surface area contributed by atoms with E-state index in [0.717, 1.165) is 17.7 Å². The lowest BCUT2D eigenvalue weighted by atomic mass is 10.1. The Labute approximate surface area is 141 Å². The Morgan fingerprint density at radius 2 is 1.96 bits per heavy atom. The van der Waals surface area contributed by atoms with Crippen molar-refractivity contribution in [2.45, 2.75) is 32.2 Å². The highest BCUT2D eigenvalue weighted by Crippen LogP contribution is 2.20. The standard InChI is InChI=1S/C19H21N3O2/c1-14-7-5-11-17(20-14)21-19(24)16-10-6-12-22(16)18(23)13-15-8-3-2-4-9-15/h2-5,7-9,11,16H,6,10,12-13H2,1H3,(H,20,21,24). The number of anilines is 1. The van der Waals surface area contributed by atoms with Crippen molar-refractivity contribution < 1.29 is 9.59 Å². The van der Waals surface area contributed by atoms with E-state index in [9.17, 15) is 9.59 Å². The van der Waals surface area contributed by atoms with Gasteiger partial charge in [-0.15, -0.1) is 0 Å². The summed E-state index contributed by atoms with van der Waals surface area (Å²) in [4.78, 5) is 31.1. The van der Waals surface area contributed by atoms with Crippen LogP contribution in [0.5, 0.6) is 0 Å². The molecule has 1 aromatic heterocycles. The van der Waals surface area contributed by atoms with Gasteiger partial charge in [0.15, 0.2) is 0 Å². The summed E-state index contributed by atoms with van der Waals surface area (Å²) in [5, 5.41) is 2.83. The summed E-state index contributed by atoms with van der Waals surface area (Å²) >= 11 is 0. The molecule has 2 amide bonds. The molecular weight excluding hydrogens is 302 g/mol. The first-order chi connectivity index (χ1) is 11.6. The normalized spacial score (nSPS) is 16.9. The Hall–Kier alpha value is -2.69. The molecule has 1 N–H and O–H groups in total. The van der Waals surface area contributed by atoms with Gasteiger partial charge in [-0.2, -0.15) is 0 Å². The van der Waals surface area contributed by atoms with Crippen molar-refractivity contribution in [1.29, 1.82) is 0 Å². The molecule has 0 bridgehead atoms. The van der Waals surface area contributed by atoms with Gasteiger partial charge in [0, 0.05) is 12.2 Å². The highest BCUT2D eigenvalue weighted by atomic mass is 16.2. The van der Waals surface area contributed by atoms with Crippen molar-refractivity contribution in [1.82, 2.24) is 9.88 Å². The minimum atomic E-state index is -0.413. The number of nitrogens with one attached hydrogen (secondary N) is 1. The second kappa shape index (κ2) is 7.25. The average molecular weight is 323 g/mol. The summed E-state index contributed by atoms with van der Waals surface area (Å²) in [6.07, 6.45) is 1.87. The van der Waals surface area contributed by atoms with E-state index in [1.165, 1.54) is 0 Å². The lowest BCUT2D eigenvalue weighted by Crippen LogP contribution is -2.43. The summed E-state index contributed by atoms with van der Waals surface area (Å²) in [7, 11) is 0. The molecule has 0 radical (unpaired) electrons. The molecule has 5 nitrogen and oxygen atoms in total. The molecule has 2 heterocycles. The van der Waals surface area contributed by atoms with Crippen LogP contribution in [0.3, 0.4) is 0 Å². The lowest BCUT2D eigenvalue weighted by molar-refractivity contribution is -0.136. The number of aromatic nitrogens is 1. The van der Waals surface area contributed by atoms with Crippen LogP contribution in [0.2, 0.25) is 0 Å². The molecule has 0 saturated carbocycles. The van der Waals surface area contributed by atoms with Gasteiger partial charge in [0.2, 0.25) is 11.8 Å². The zero-order valence-corrected chi connectivity index (χ0v) is 13.7. The van der Waals surface area contributed by atoms with E-state index < -0.39 is 6.04 Å². The molecule has 5 heteroatoms. The third-order valence-corrected chi connectivity index (χ3v) is 4.21. The minimum Gasteiger partial charge on any atom is -0.330 e. The topological polar surface area (TPSA) is 62.3 Å². The van der Waals surface area contributed by atoms with E-state index in [4.69, 9.17) is 0 Å². The molecule has 2 aromatic rings. The van der Waals surface area contributed by atoms with Gasteiger partial charge in [-0.3, -0.25) is 9.59 Å². The number of aryl methyl sites for hydroxylation is 1. The number of carbonyl (C=O) groups excluding carboxylic acids is 2. The quantitative estimate of drug-likeness (QED) is 0.940. The molecule has 0 aliphatic carbocycles. The van der Waals surface area contributed by atoms with E-state index in [-0.39, 0.29) is 11.8 Å². The van der Waals surface area contributed by atoms with Crippen molar-refractivity contribution >= 4 is 17.6 Å². The van der Waals surface area contributed by atoms with Gasteiger partial charge in [-0.25, -0.2) is 4.98 Å². The number of rotatable bonds is 4. The van der Waals surface area contributed by atoms with Crippen LogP contribution in [0.4, 0.5) is 5.82 Å². The van der Waals surface area contributed by atoms with E-state index in [1.54, 1.807) is 11.0 Å². The molecule has 1 fully saturated rings. The smallest absolute Gasteiger partial charge is 0.248 e. The predicted octanol–water partition coefficient (Wildman–Crippen LogP) is 2.56. The minimum absolute atomic E-state index is 0.00366. The molecule has 1 atom stereocenters. The van der Waals surface area contributed by atoms with Gasteiger partial charge < -0.3 is 10.2 Å². The van der Waals surface area contributed by atoms with Crippen LogP contribution in [0.25, 0.3) is 0 Å². The second-order valence-corrected chi connectivity index (χ2v) is 6.06. The van der Waals surface area contributed by atoms with Crippen LogP contribution in [-0.4, -0.2) is 34.3 Å². The monoisotopic (exact) mass is 323 g/mol. The number of hydrogen-bond donors (Lipinski definition) is 1. The van der Waals surface area contributed by atoms with E-state index in [2.05, 4.69) is 10.3 Å². The van der Waals surface area contributed by atoms with Crippen LogP contribution < -0.4 is 5.32 Å². The van der Waals surface area contributed by atoms with Gasteiger partial charge in [-0.05, 0) is 37.5 Å². The maximum Gasteiger partial charge on any atom is 0.248 e. The number of pyridine rings is 1. The highest BCUT2D eigenvalue weighted by molar-refractivity contribution is 5.97. The molecule has 3 rings (SSSR count). The first-order valence-electron chi connectivity index (χ1n) is 8.21. The van der Waals surface area contributed by atoms with Crippen LogP contribution in [-0.2, 0) is 16.0 Å². The van der Waals surface area contributed by atoms with Crippen molar-refractivity contribution in [3.63, 3.8) is 0 Å². The van der Waals surface area contributed by atoms with E-state index in [0.29, 0.717) is 25.2 Å². The molecule has 0 spiro atoms. The molecule has 1 aliphatic heterocycles. The van der Waals surface area contributed by atoms with Crippen LogP contribution in [0.15, 0.2) is 48.5 Å². The molecule has 24 heavy (non-hydrogen) atoms. The van der Waals surface area contributed by atoms with Gasteiger partial charge in [0.05, 0.1) is 6.42 Å². The lowest BCUT2D eigenvalue weighted by Gasteiger charge is -2.24. The maximum atomic E-state index is 12.6. The van der Waals surface area contributed by atoms with Gasteiger partial charge in [0.25, 0.3) is 0 Å². The van der Waals surface area contributed by atoms with Gasteiger partial charge in [0.1, 0.15) is 11.9 Å². The number of hydrogen-bond acceptors (Lipinski definition) is 3. The Balaban J connectivity index is 1.66. The SMILES string of the molecule is Cc1cccc(NC(=O)C2CCCN2C(=O)Cc2ccccc2)n1. The Morgan fingerprint density at radius 3 is 2.71 bits per heavy atom. The molecule has 1 saturated heterocycles. The maximum absolute atomic E-state index is 12.6. The number of benzene rings is 1. The Bertz CT molecular complexity index is 730. The fourth-order valence-electron chi connectivity index (χ4n) is 3.03. The highest BCUT2D eigenvalue weighted by Gasteiger charge is 2.34. The molecule has 1 unspecified atom stereocenters. The number of nitrogens with zero attached hydrogens (tertiary/aromatic N) is 2. The molecule has 124 valence electrons. The second-order valence-electron chi connectivity index (χ2n) is 6.06. The van der Waals surface area contributed by atoms with Crippen LogP contribution in [0.1, 0.15) is 24.1 Å². The van der Waals surface area contributed by atoms with Crippen LogP contribution in [0, 0.1) is 6.92 Å². The molecular formula is C19H21N3O2. The number of carbonyl (C=O) groups is 2. The fourth-order valence-corrected chi connectivity index (χ4v) is 3.03. The van der Waals surface area contributed by atoms with E-state index >= 15 is 0 Å². The predicted molar refractivity (Wildman–Crippen MR) is 92.5 cm³/mol. The number of likely N-dealkylation sites (tertiary alicyclic amines) is 1. The number of amides is 2. The third-order valence-electron chi connectivity index (χ3n) is 4.21. The van der Waals surface area contributed by atoms with E-state index in [1.807, 2.05) is 49.4 Å². The Kier molecular flexibility index (Phi) is 4.89. The zero-order chi connectivity index (χ0) is 16.9. The first kappa shape index (κ1) is 16.2. The summed E-state index contributed by atoms with van der Waals surface area (Å²) in [6.45, 7) is 2.51. The van der Waals surface area contributed by atoms with Crippen LogP contribution >= 0.6 is 0 Å². The summed E-state index contributed by atoms with van der Waals surface area (Å²) in [5.41, 5.74) is 1.81. The molecule has 1 aromatic carbocycles. The van der Waals surface area contributed by atoms with Crippen molar-refractivity contribution in [2.24, 2.45) is 0 Å². The van der Waals surface area contributed by atoms with Crippen molar-refractivity contribution in [3.8, 4) is 0 Å². The third kappa shape index (κ3) is 3.79. The van der Waals surface area contributed by atoms with Crippen molar-refractivity contribution in [2.75, 3.05) is 11.9 Å². The Morgan fingerprint density at radius 1 is 1.17 bits per heavy atom. The average Bonchev–Trinajstić information content (AvgIpc) is 3.06. The zero-order valence-electron chi connectivity index (χ0n) is 13.7. The fraction of sp³-hybridized carbons (Fsp3) is 0.316. The first-order valence-corrected chi connectivity index (χ1v) is 8.21. The summed E-state index contributed by atoms with van der Waals surface area (Å²) in [6, 6.07) is 14.7. The summed E-state index contributed by atoms with van der Waals surface area (Å²) in [5.74, 6) is 0.366.